The van der Waals surface area contributed by atoms with Crippen LogP contribution in [0.4, 0.5) is 5.69 Å². The van der Waals surface area contributed by atoms with E-state index < -0.39 is 5.72 Å². The second-order valence-corrected chi connectivity index (χ2v) is 7.54. The van der Waals surface area contributed by atoms with Crippen molar-refractivity contribution in [2.75, 3.05) is 18.0 Å². The molecule has 0 saturated carbocycles. The van der Waals surface area contributed by atoms with E-state index in [9.17, 15) is 5.11 Å². The van der Waals surface area contributed by atoms with Crippen molar-refractivity contribution in [2.45, 2.75) is 38.3 Å². The van der Waals surface area contributed by atoms with Gasteiger partial charge >= 0.3 is 0 Å². The minimum Gasteiger partial charge on any atom is -1.00 e. The van der Waals surface area contributed by atoms with Crippen molar-refractivity contribution in [3.63, 3.8) is 0 Å². The quantitative estimate of drug-likeness (QED) is 0.743. The molecule has 0 fully saturated rings. The molecule has 0 radical (unpaired) electrons. The predicted octanol–water partition coefficient (Wildman–Crippen LogP) is 0.711. The summed E-state index contributed by atoms with van der Waals surface area (Å²) in [5.41, 5.74) is 1.56. The maximum absolute atomic E-state index is 11.5. The molecule has 4 rings (SSSR count). The Hall–Kier alpha value is -1.17. The maximum Gasteiger partial charge on any atom is 0.280 e. The van der Waals surface area contributed by atoms with Crippen LogP contribution in [-0.2, 0) is 5.72 Å². The number of benzene rings is 1. The Balaban J connectivity index is 0.00000169. The molecule has 3 nitrogen and oxygen atoms in total. The van der Waals surface area contributed by atoms with Crippen LogP contribution in [0, 0.1) is 6.92 Å². The van der Waals surface area contributed by atoms with Gasteiger partial charge in [0, 0.05) is 6.42 Å². The van der Waals surface area contributed by atoms with Crippen LogP contribution in [0.1, 0.15) is 36.1 Å². The van der Waals surface area contributed by atoms with Crippen molar-refractivity contribution >= 4 is 22.9 Å². The summed E-state index contributed by atoms with van der Waals surface area (Å²) < 4.78 is 2.26. The fourth-order valence-corrected chi connectivity index (χ4v) is 4.58. The summed E-state index contributed by atoms with van der Waals surface area (Å²) in [6.07, 6.45) is 4.64. The lowest BCUT2D eigenvalue weighted by Crippen LogP contribution is -3.00. The van der Waals surface area contributed by atoms with E-state index in [1.165, 1.54) is 29.9 Å². The van der Waals surface area contributed by atoms with E-state index in [0.717, 1.165) is 24.3 Å². The van der Waals surface area contributed by atoms with E-state index in [4.69, 9.17) is 0 Å². The van der Waals surface area contributed by atoms with Crippen LogP contribution in [0.5, 0.6) is 0 Å². The fraction of sp³-hybridized carbons (Fsp3) is 0.421. The molecular weight excluding hydrogens is 384 g/mol. The van der Waals surface area contributed by atoms with Crippen molar-refractivity contribution in [2.24, 2.45) is 0 Å². The van der Waals surface area contributed by atoms with Crippen molar-refractivity contribution in [3.8, 4) is 0 Å². The smallest absolute Gasteiger partial charge is 0.280 e. The summed E-state index contributed by atoms with van der Waals surface area (Å²) in [7, 11) is 0. The number of amidine groups is 1. The van der Waals surface area contributed by atoms with Gasteiger partial charge in [0.1, 0.15) is 5.69 Å². The number of thiophene rings is 1. The molecule has 0 spiro atoms. The summed E-state index contributed by atoms with van der Waals surface area (Å²) in [5, 5.41) is 13.6. The third-order valence-corrected chi connectivity index (χ3v) is 6.00. The Morgan fingerprint density at radius 1 is 1.12 bits per heavy atom. The summed E-state index contributed by atoms with van der Waals surface area (Å²) >= 11 is 1.65. The third-order valence-electron chi connectivity index (χ3n) is 4.99. The second-order valence-electron chi connectivity index (χ2n) is 6.59. The number of hydrogen-bond acceptors (Lipinski definition) is 3. The average molecular weight is 407 g/mol. The van der Waals surface area contributed by atoms with Crippen LogP contribution in [0.3, 0.4) is 0 Å². The van der Waals surface area contributed by atoms with Crippen molar-refractivity contribution in [3.05, 3.63) is 52.2 Å². The number of hydrogen-bond donors (Lipinski definition) is 1. The molecule has 1 N–H and O–H groups in total. The van der Waals surface area contributed by atoms with E-state index in [2.05, 4.69) is 52.1 Å². The van der Waals surface area contributed by atoms with Gasteiger partial charge < -0.3 is 22.1 Å². The maximum atomic E-state index is 11.5. The number of β-amino-alcohol motifs (C(OH)–C–C–N with tert-alkyl or cyclic N) is 1. The Morgan fingerprint density at radius 3 is 2.62 bits per heavy atom. The zero-order valence-corrected chi connectivity index (χ0v) is 16.3. The first kappa shape index (κ1) is 17.6. The molecule has 3 heterocycles. The van der Waals surface area contributed by atoms with Gasteiger partial charge in [-0.05, 0) is 49.8 Å². The molecule has 128 valence electrons. The first-order valence-corrected chi connectivity index (χ1v) is 9.30. The number of halogens is 1. The van der Waals surface area contributed by atoms with Gasteiger partial charge in [-0.2, -0.15) is 0 Å². The molecule has 1 aromatic heterocycles. The number of aliphatic hydroxyl groups is 1. The van der Waals surface area contributed by atoms with E-state index in [1.54, 1.807) is 11.3 Å². The Kier molecular flexibility index (Phi) is 5.13. The highest BCUT2D eigenvalue weighted by molar-refractivity contribution is 7.10. The van der Waals surface area contributed by atoms with Crippen molar-refractivity contribution in [1.82, 2.24) is 0 Å². The van der Waals surface area contributed by atoms with E-state index in [1.807, 2.05) is 6.07 Å². The molecule has 0 bridgehead atoms. The van der Waals surface area contributed by atoms with Gasteiger partial charge in [-0.3, -0.25) is 0 Å². The standard InChI is InChI=1S/C19H23N2OS.BrH/c1-15-8-10-16(11-9-15)20-14-19(22,17-6-5-13-23-17)21-12-4-2-3-7-18(20)21;/h5-6,8-11,13,22H,2-4,7,12,14H2,1H3;1H/q+1;/p-1. The van der Waals surface area contributed by atoms with Crippen LogP contribution in [0.2, 0.25) is 0 Å². The third kappa shape index (κ3) is 2.93. The lowest BCUT2D eigenvalue weighted by atomic mass is 10.1. The van der Waals surface area contributed by atoms with Gasteiger partial charge in [-0.15, -0.1) is 11.3 Å². The van der Waals surface area contributed by atoms with Gasteiger partial charge in [-0.25, -0.2) is 9.48 Å². The van der Waals surface area contributed by atoms with E-state index in [0.29, 0.717) is 6.54 Å². The first-order valence-electron chi connectivity index (χ1n) is 8.42. The number of nitrogens with zero attached hydrogens (tertiary/aromatic N) is 2. The van der Waals surface area contributed by atoms with Gasteiger partial charge in [-0.1, -0.05) is 23.8 Å². The molecule has 0 amide bonds. The van der Waals surface area contributed by atoms with Gasteiger partial charge in [0.2, 0.25) is 0 Å². The number of aryl methyl sites for hydroxylation is 1. The summed E-state index contributed by atoms with van der Waals surface area (Å²) in [5.74, 6) is 1.28. The van der Waals surface area contributed by atoms with Crippen LogP contribution >= 0.6 is 11.3 Å². The largest absolute Gasteiger partial charge is 1.00 e. The number of anilines is 1. The van der Waals surface area contributed by atoms with Crippen molar-refractivity contribution in [1.29, 1.82) is 0 Å². The Labute approximate surface area is 158 Å². The molecule has 2 aliphatic heterocycles. The van der Waals surface area contributed by atoms with Crippen LogP contribution in [0.25, 0.3) is 0 Å². The molecule has 5 heteroatoms. The molecule has 0 aliphatic carbocycles. The highest BCUT2D eigenvalue weighted by atomic mass is 79.9. The molecule has 1 aromatic carbocycles. The fourth-order valence-electron chi connectivity index (χ4n) is 3.75. The summed E-state index contributed by atoms with van der Waals surface area (Å²) in [6, 6.07) is 12.7. The summed E-state index contributed by atoms with van der Waals surface area (Å²) in [4.78, 5) is 3.37. The molecule has 2 aliphatic rings. The lowest BCUT2D eigenvalue weighted by Gasteiger charge is -2.21. The molecule has 1 atom stereocenters. The van der Waals surface area contributed by atoms with Crippen molar-refractivity contribution < 1.29 is 26.7 Å². The molecule has 1 unspecified atom stereocenters. The minimum atomic E-state index is -0.890. The highest BCUT2D eigenvalue weighted by Crippen LogP contribution is 2.37. The summed E-state index contributed by atoms with van der Waals surface area (Å²) in [6.45, 7) is 3.67. The van der Waals surface area contributed by atoms with E-state index in [-0.39, 0.29) is 17.0 Å². The predicted molar refractivity (Wildman–Crippen MR) is 95.3 cm³/mol. The van der Waals surface area contributed by atoms with Crippen LogP contribution in [-0.4, -0.2) is 28.6 Å². The Bertz CT molecular complexity index is 726. The topological polar surface area (TPSA) is 26.5 Å². The molecule has 24 heavy (non-hydrogen) atoms. The van der Waals surface area contributed by atoms with Gasteiger partial charge in [0.05, 0.1) is 11.4 Å². The normalized spacial score (nSPS) is 23.7. The lowest BCUT2D eigenvalue weighted by molar-refractivity contribution is -0.657. The van der Waals surface area contributed by atoms with E-state index >= 15 is 0 Å². The Morgan fingerprint density at radius 2 is 1.92 bits per heavy atom. The molecular formula is C19H23BrN2OS. The molecule has 0 saturated heterocycles. The second kappa shape index (κ2) is 6.98. The van der Waals surface area contributed by atoms with Crippen LogP contribution < -0.4 is 21.9 Å². The number of rotatable bonds is 2. The SMILES string of the molecule is Cc1ccc(N2CC(O)(c3cccs3)[N+]3=C2CCCCC3)cc1.[Br-]. The van der Waals surface area contributed by atoms with Gasteiger partial charge in [0.25, 0.3) is 11.6 Å². The first-order chi connectivity index (χ1) is 11.2. The molecule has 2 aromatic rings. The van der Waals surface area contributed by atoms with Crippen LogP contribution in [0.15, 0.2) is 41.8 Å². The highest BCUT2D eigenvalue weighted by Gasteiger charge is 2.52. The monoisotopic (exact) mass is 406 g/mol. The zero-order valence-electron chi connectivity index (χ0n) is 13.9. The van der Waals surface area contributed by atoms with Gasteiger partial charge in [0.15, 0.2) is 6.54 Å². The zero-order chi connectivity index (χ0) is 15.9. The minimum absolute atomic E-state index is 0. The average Bonchev–Trinajstić information content (AvgIpc) is 3.10.